The molecule has 0 radical (unpaired) electrons. The first-order chi connectivity index (χ1) is 8.24. The van der Waals surface area contributed by atoms with Crippen molar-refractivity contribution in [2.45, 2.75) is 0 Å². The molecule has 1 aliphatic rings. The van der Waals surface area contributed by atoms with Gasteiger partial charge in [0.15, 0.2) is 0 Å². The summed E-state index contributed by atoms with van der Waals surface area (Å²) in [4.78, 5) is 13.5. The molecule has 0 saturated carbocycles. The zero-order chi connectivity index (χ0) is 12.3. The molecule has 1 aliphatic heterocycles. The number of nitrogens with one attached hydrogen (secondary N) is 2. The number of benzene rings is 1. The predicted octanol–water partition coefficient (Wildman–Crippen LogP) is 0.536. The van der Waals surface area contributed by atoms with Gasteiger partial charge >= 0.3 is 0 Å². The van der Waals surface area contributed by atoms with Crippen LogP contribution < -0.4 is 15.5 Å². The van der Waals surface area contributed by atoms with Gasteiger partial charge in [-0.05, 0) is 25.2 Å². The van der Waals surface area contributed by atoms with Crippen molar-refractivity contribution in [3.63, 3.8) is 0 Å². The summed E-state index contributed by atoms with van der Waals surface area (Å²) in [5.41, 5.74) is 2.30. The maximum absolute atomic E-state index is 11.5. The average Bonchev–Trinajstić information content (AvgIpc) is 2.35. The molecular formula is C12H14N4O. The summed E-state index contributed by atoms with van der Waals surface area (Å²) in [6.45, 7) is 1.87. The fraction of sp³-hybridized carbons (Fsp3) is 0.333. The number of likely N-dealkylation sites (N-methyl/N-ethyl adjacent to an activating group) is 1. The van der Waals surface area contributed by atoms with Crippen molar-refractivity contribution in [1.82, 2.24) is 5.32 Å². The minimum absolute atomic E-state index is 0.0155. The Morgan fingerprint density at radius 1 is 1.59 bits per heavy atom. The summed E-state index contributed by atoms with van der Waals surface area (Å²) in [5.74, 6) is -0.0155. The predicted molar refractivity (Wildman–Crippen MR) is 65.9 cm³/mol. The molecule has 0 atom stereocenters. The lowest BCUT2D eigenvalue weighted by Crippen LogP contribution is -2.41. The number of nitrogens with zero attached hydrogens (tertiary/aromatic N) is 2. The van der Waals surface area contributed by atoms with Crippen molar-refractivity contribution >= 4 is 17.3 Å². The van der Waals surface area contributed by atoms with Gasteiger partial charge in [0.1, 0.15) is 0 Å². The second-order valence-electron chi connectivity index (χ2n) is 3.92. The normalized spacial score (nSPS) is 13.9. The molecule has 0 fully saturated rings. The van der Waals surface area contributed by atoms with Crippen LogP contribution in [0.3, 0.4) is 0 Å². The van der Waals surface area contributed by atoms with Crippen LogP contribution >= 0.6 is 0 Å². The molecule has 5 nitrogen and oxygen atoms in total. The zero-order valence-electron chi connectivity index (χ0n) is 9.66. The maximum atomic E-state index is 11.5. The van der Waals surface area contributed by atoms with Gasteiger partial charge in [-0.1, -0.05) is 0 Å². The number of hydrogen-bond acceptors (Lipinski definition) is 4. The molecule has 1 heterocycles. The lowest BCUT2D eigenvalue weighted by molar-refractivity contribution is -0.115. The highest BCUT2D eigenvalue weighted by Crippen LogP contribution is 2.29. The van der Waals surface area contributed by atoms with Crippen LogP contribution in [-0.4, -0.2) is 32.6 Å². The first-order valence-electron chi connectivity index (χ1n) is 5.48. The van der Waals surface area contributed by atoms with Crippen LogP contribution in [0.5, 0.6) is 0 Å². The number of carbonyl (C=O) groups is 1. The molecule has 1 aromatic carbocycles. The number of nitriles is 1. The van der Waals surface area contributed by atoms with Crippen LogP contribution in [0, 0.1) is 11.3 Å². The Bertz CT molecular complexity index is 478. The van der Waals surface area contributed by atoms with Gasteiger partial charge in [-0.25, -0.2) is 0 Å². The summed E-state index contributed by atoms with van der Waals surface area (Å²) in [6, 6.07) is 7.40. The van der Waals surface area contributed by atoms with Crippen molar-refractivity contribution in [1.29, 1.82) is 5.26 Å². The van der Waals surface area contributed by atoms with E-state index in [0.717, 1.165) is 24.5 Å². The molecule has 0 spiro atoms. The average molecular weight is 230 g/mol. The van der Waals surface area contributed by atoms with Crippen LogP contribution in [0.2, 0.25) is 0 Å². The van der Waals surface area contributed by atoms with E-state index in [0.29, 0.717) is 12.1 Å². The van der Waals surface area contributed by atoms with Gasteiger partial charge in [0.25, 0.3) is 0 Å². The number of hydrogen-bond donors (Lipinski definition) is 2. The van der Waals surface area contributed by atoms with Crippen molar-refractivity contribution in [2.75, 3.05) is 36.9 Å². The third-order valence-electron chi connectivity index (χ3n) is 2.71. The number of amides is 1. The Morgan fingerprint density at radius 3 is 3.12 bits per heavy atom. The van der Waals surface area contributed by atoms with Crippen molar-refractivity contribution in [2.24, 2.45) is 0 Å². The first kappa shape index (κ1) is 11.4. The summed E-state index contributed by atoms with van der Waals surface area (Å²) in [5, 5.41) is 14.7. The Kier molecular flexibility index (Phi) is 3.26. The molecule has 17 heavy (non-hydrogen) atoms. The first-order valence-corrected chi connectivity index (χ1v) is 5.48. The monoisotopic (exact) mass is 230 g/mol. The Hall–Kier alpha value is -2.06. The summed E-state index contributed by atoms with van der Waals surface area (Å²) >= 11 is 0. The fourth-order valence-electron chi connectivity index (χ4n) is 1.86. The third-order valence-corrected chi connectivity index (χ3v) is 2.71. The lowest BCUT2D eigenvalue weighted by Gasteiger charge is -2.30. The Labute approximate surface area is 100 Å². The number of anilines is 2. The molecule has 0 saturated heterocycles. The van der Waals surface area contributed by atoms with Crippen LogP contribution in [0.15, 0.2) is 18.2 Å². The highest BCUT2D eigenvalue weighted by Gasteiger charge is 2.21. The van der Waals surface area contributed by atoms with E-state index in [2.05, 4.69) is 16.7 Å². The second-order valence-corrected chi connectivity index (χ2v) is 3.92. The molecule has 0 aromatic heterocycles. The fourth-order valence-corrected chi connectivity index (χ4v) is 1.86. The van der Waals surface area contributed by atoms with Crippen LogP contribution in [0.1, 0.15) is 5.56 Å². The molecule has 1 aromatic rings. The van der Waals surface area contributed by atoms with Gasteiger partial charge in [0.2, 0.25) is 5.91 Å². The van der Waals surface area contributed by atoms with Crippen LogP contribution in [0.25, 0.3) is 0 Å². The Morgan fingerprint density at radius 2 is 2.41 bits per heavy atom. The number of fused-ring (bicyclic) bond motifs is 1. The smallest absolute Gasteiger partial charge is 0.243 e. The quantitative estimate of drug-likeness (QED) is 0.795. The summed E-state index contributed by atoms with van der Waals surface area (Å²) in [6.07, 6.45) is 0. The van der Waals surface area contributed by atoms with E-state index in [4.69, 9.17) is 5.26 Å². The second kappa shape index (κ2) is 4.85. The molecule has 0 bridgehead atoms. The molecule has 0 aliphatic carbocycles. The number of rotatable bonds is 3. The summed E-state index contributed by atoms with van der Waals surface area (Å²) in [7, 11) is 1.87. The van der Waals surface area contributed by atoms with Gasteiger partial charge < -0.3 is 15.5 Å². The van der Waals surface area contributed by atoms with Crippen LogP contribution in [-0.2, 0) is 4.79 Å². The molecule has 1 amide bonds. The van der Waals surface area contributed by atoms with E-state index in [-0.39, 0.29) is 5.91 Å². The lowest BCUT2D eigenvalue weighted by atomic mass is 10.1. The number of carbonyl (C=O) groups excluding carboxylic acids is 1. The van der Waals surface area contributed by atoms with Gasteiger partial charge in [0.05, 0.1) is 29.6 Å². The molecule has 2 N–H and O–H groups in total. The van der Waals surface area contributed by atoms with Gasteiger partial charge in [-0.15, -0.1) is 0 Å². The van der Waals surface area contributed by atoms with E-state index in [1.807, 2.05) is 18.0 Å². The molecule has 5 heteroatoms. The molecule has 88 valence electrons. The minimum Gasteiger partial charge on any atom is -0.359 e. The van der Waals surface area contributed by atoms with E-state index in [9.17, 15) is 4.79 Å². The summed E-state index contributed by atoms with van der Waals surface area (Å²) < 4.78 is 0. The maximum Gasteiger partial charge on any atom is 0.243 e. The largest absolute Gasteiger partial charge is 0.359 e. The van der Waals surface area contributed by atoms with E-state index in [1.165, 1.54) is 0 Å². The molecule has 0 unspecified atom stereocenters. The molecular weight excluding hydrogens is 216 g/mol. The highest BCUT2D eigenvalue weighted by atomic mass is 16.2. The standard InChI is InChI=1S/C12H14N4O/c1-14-4-5-16-8-12(17)15-10-3-2-9(7-13)6-11(10)16/h2-3,6,14H,4-5,8H2,1H3,(H,15,17). The highest BCUT2D eigenvalue weighted by molar-refractivity contribution is 6.01. The minimum atomic E-state index is -0.0155. The van der Waals surface area contributed by atoms with Gasteiger partial charge in [0, 0.05) is 13.1 Å². The SMILES string of the molecule is CNCCN1CC(=O)Nc2ccc(C#N)cc21. The van der Waals surface area contributed by atoms with Crippen LogP contribution in [0.4, 0.5) is 11.4 Å². The zero-order valence-corrected chi connectivity index (χ0v) is 9.66. The van der Waals surface area contributed by atoms with E-state index in [1.54, 1.807) is 12.1 Å². The van der Waals surface area contributed by atoms with E-state index >= 15 is 0 Å². The van der Waals surface area contributed by atoms with Gasteiger partial charge in [-0.3, -0.25) is 4.79 Å². The topological polar surface area (TPSA) is 68.2 Å². The van der Waals surface area contributed by atoms with Crippen molar-refractivity contribution in [3.8, 4) is 6.07 Å². The van der Waals surface area contributed by atoms with Gasteiger partial charge in [-0.2, -0.15) is 5.26 Å². The third kappa shape index (κ3) is 2.37. The van der Waals surface area contributed by atoms with Crippen molar-refractivity contribution < 1.29 is 4.79 Å². The Balaban J connectivity index is 2.32. The van der Waals surface area contributed by atoms with E-state index < -0.39 is 0 Å². The molecule has 2 rings (SSSR count). The van der Waals surface area contributed by atoms with Crippen molar-refractivity contribution in [3.05, 3.63) is 23.8 Å².